The highest BCUT2D eigenvalue weighted by molar-refractivity contribution is 5.80. The van der Waals surface area contributed by atoms with Gasteiger partial charge in [-0.2, -0.15) is 0 Å². The molecule has 0 radical (unpaired) electrons. The maximum Gasteiger partial charge on any atom is 0.123 e. The molecule has 0 bridgehead atoms. The predicted octanol–water partition coefficient (Wildman–Crippen LogP) is 5.81. The molecule has 0 unspecified atom stereocenters. The van der Waals surface area contributed by atoms with E-state index in [1.807, 2.05) is 36.7 Å². The van der Waals surface area contributed by atoms with Gasteiger partial charge in [0.15, 0.2) is 0 Å². The van der Waals surface area contributed by atoms with Crippen LogP contribution in [0.5, 0.6) is 0 Å². The standard InChI is InChI=1S/2C11H9FN2/c2*12-9-3-5-10(6-4-9)14-8-11-2-1-7-13-11/h2*1-8,13H. The summed E-state index contributed by atoms with van der Waals surface area (Å²) in [5, 5.41) is 0. The molecule has 0 aliphatic heterocycles. The van der Waals surface area contributed by atoms with Gasteiger partial charge in [-0.15, -0.1) is 0 Å². The molecule has 0 saturated carbocycles. The van der Waals surface area contributed by atoms with Crippen molar-refractivity contribution in [3.63, 3.8) is 0 Å². The minimum Gasteiger partial charge on any atom is -0.360 e. The fraction of sp³-hybridized carbons (Fsp3) is 0. The molecule has 2 heterocycles. The number of hydrogen-bond acceptors (Lipinski definition) is 2. The SMILES string of the molecule is Fc1ccc(N=Cc2ccc[nH]2)cc1.Fc1ccc(N=Cc2ccc[nH]2)cc1. The first kappa shape index (κ1) is 19.0. The first-order valence-electron chi connectivity index (χ1n) is 8.55. The van der Waals surface area contributed by atoms with Crippen molar-refractivity contribution in [3.05, 3.63) is 108 Å². The average molecular weight is 376 g/mol. The van der Waals surface area contributed by atoms with Gasteiger partial charge in [0.2, 0.25) is 0 Å². The number of nitrogens with one attached hydrogen (secondary N) is 2. The molecule has 0 spiro atoms. The molecule has 0 fully saturated rings. The van der Waals surface area contributed by atoms with Crippen molar-refractivity contribution in [1.29, 1.82) is 0 Å². The topological polar surface area (TPSA) is 56.3 Å². The van der Waals surface area contributed by atoms with Crippen LogP contribution in [0.1, 0.15) is 11.4 Å². The summed E-state index contributed by atoms with van der Waals surface area (Å²) in [6.07, 6.45) is 7.05. The molecule has 140 valence electrons. The monoisotopic (exact) mass is 376 g/mol. The van der Waals surface area contributed by atoms with Gasteiger partial charge in [0, 0.05) is 12.4 Å². The maximum atomic E-state index is 12.5. The van der Waals surface area contributed by atoms with Crippen molar-refractivity contribution in [3.8, 4) is 0 Å². The predicted molar refractivity (Wildman–Crippen MR) is 109 cm³/mol. The van der Waals surface area contributed by atoms with E-state index in [1.165, 1.54) is 24.3 Å². The van der Waals surface area contributed by atoms with Crippen LogP contribution in [0.3, 0.4) is 0 Å². The fourth-order valence-corrected chi connectivity index (χ4v) is 2.19. The van der Waals surface area contributed by atoms with Crippen LogP contribution in [0.15, 0.2) is 95.2 Å². The number of aliphatic imine (C=N–C) groups is 2. The highest BCUT2D eigenvalue weighted by atomic mass is 19.1. The van der Waals surface area contributed by atoms with Gasteiger partial charge in [-0.25, -0.2) is 8.78 Å². The second kappa shape index (κ2) is 9.78. The molecule has 4 aromatic rings. The van der Waals surface area contributed by atoms with Gasteiger partial charge < -0.3 is 9.97 Å². The van der Waals surface area contributed by atoms with Gasteiger partial charge in [0.25, 0.3) is 0 Å². The number of hydrogen-bond donors (Lipinski definition) is 2. The lowest BCUT2D eigenvalue weighted by Gasteiger charge is -1.91. The zero-order valence-electron chi connectivity index (χ0n) is 14.9. The summed E-state index contributed by atoms with van der Waals surface area (Å²) in [5.41, 5.74) is 3.32. The number of rotatable bonds is 4. The first-order valence-corrected chi connectivity index (χ1v) is 8.55. The van der Waals surface area contributed by atoms with E-state index in [0.717, 1.165) is 22.8 Å². The molecular formula is C22H18F2N4. The largest absolute Gasteiger partial charge is 0.360 e. The molecule has 2 N–H and O–H groups in total. The minimum absolute atomic E-state index is 0.246. The Balaban J connectivity index is 0.000000161. The minimum atomic E-state index is -0.246. The van der Waals surface area contributed by atoms with Gasteiger partial charge >= 0.3 is 0 Å². The van der Waals surface area contributed by atoms with Crippen LogP contribution in [0, 0.1) is 11.6 Å². The summed E-state index contributed by atoms with van der Waals surface area (Å²) in [5.74, 6) is -0.493. The summed E-state index contributed by atoms with van der Waals surface area (Å²) in [6, 6.07) is 19.7. The molecular weight excluding hydrogens is 358 g/mol. The van der Waals surface area contributed by atoms with Crippen LogP contribution in [0.25, 0.3) is 0 Å². The van der Waals surface area contributed by atoms with E-state index in [9.17, 15) is 8.78 Å². The van der Waals surface area contributed by atoms with Crippen LogP contribution in [-0.4, -0.2) is 22.4 Å². The highest BCUT2D eigenvalue weighted by Gasteiger charge is 1.91. The number of halogens is 2. The lowest BCUT2D eigenvalue weighted by atomic mass is 10.3. The Morgan fingerprint density at radius 1 is 0.571 bits per heavy atom. The molecule has 4 rings (SSSR count). The third kappa shape index (κ3) is 6.17. The Bertz CT molecular complexity index is 916. The Hall–Kier alpha value is -3.80. The van der Waals surface area contributed by atoms with Gasteiger partial charge in [0.1, 0.15) is 11.6 Å². The second-order valence-electron chi connectivity index (χ2n) is 5.72. The van der Waals surface area contributed by atoms with Crippen molar-refractivity contribution < 1.29 is 8.78 Å². The number of nitrogens with zero attached hydrogens (tertiary/aromatic N) is 2. The van der Waals surface area contributed by atoms with E-state index >= 15 is 0 Å². The van der Waals surface area contributed by atoms with Crippen molar-refractivity contribution in [2.75, 3.05) is 0 Å². The maximum absolute atomic E-state index is 12.5. The van der Waals surface area contributed by atoms with Crippen molar-refractivity contribution in [2.24, 2.45) is 9.98 Å². The van der Waals surface area contributed by atoms with Crippen molar-refractivity contribution in [1.82, 2.24) is 9.97 Å². The van der Waals surface area contributed by atoms with Crippen LogP contribution in [-0.2, 0) is 0 Å². The Labute approximate surface area is 161 Å². The zero-order valence-corrected chi connectivity index (χ0v) is 14.9. The molecule has 2 aromatic carbocycles. The van der Waals surface area contributed by atoms with Gasteiger partial charge in [-0.3, -0.25) is 9.98 Å². The highest BCUT2D eigenvalue weighted by Crippen LogP contribution is 2.12. The number of benzene rings is 2. The van der Waals surface area contributed by atoms with Gasteiger partial charge in [-0.1, -0.05) is 0 Å². The summed E-state index contributed by atoms with van der Waals surface area (Å²) >= 11 is 0. The quantitative estimate of drug-likeness (QED) is 0.423. The summed E-state index contributed by atoms with van der Waals surface area (Å²) in [6.45, 7) is 0. The first-order chi connectivity index (χ1) is 13.7. The molecule has 0 saturated heterocycles. The second-order valence-corrected chi connectivity index (χ2v) is 5.72. The molecule has 0 aliphatic carbocycles. The van der Waals surface area contributed by atoms with Crippen molar-refractivity contribution in [2.45, 2.75) is 0 Å². The van der Waals surface area contributed by atoms with E-state index in [4.69, 9.17) is 0 Å². The Kier molecular flexibility index (Phi) is 6.62. The fourth-order valence-electron chi connectivity index (χ4n) is 2.19. The molecule has 0 aliphatic rings. The Morgan fingerprint density at radius 3 is 1.29 bits per heavy atom. The summed E-state index contributed by atoms with van der Waals surface area (Å²) in [7, 11) is 0. The van der Waals surface area contributed by atoms with E-state index < -0.39 is 0 Å². The van der Waals surface area contributed by atoms with Crippen LogP contribution < -0.4 is 0 Å². The lowest BCUT2D eigenvalue weighted by Crippen LogP contribution is -1.78. The smallest absolute Gasteiger partial charge is 0.123 e. The summed E-state index contributed by atoms with van der Waals surface area (Å²) in [4.78, 5) is 14.3. The molecule has 28 heavy (non-hydrogen) atoms. The van der Waals surface area contributed by atoms with Crippen LogP contribution in [0.2, 0.25) is 0 Å². The zero-order chi connectivity index (χ0) is 19.6. The van der Waals surface area contributed by atoms with E-state index in [2.05, 4.69) is 20.0 Å². The molecule has 0 atom stereocenters. The molecule has 0 amide bonds. The molecule has 2 aromatic heterocycles. The van der Waals surface area contributed by atoms with E-state index in [0.29, 0.717) is 0 Å². The van der Waals surface area contributed by atoms with Gasteiger partial charge in [-0.05, 0) is 72.8 Å². The van der Waals surface area contributed by atoms with Crippen LogP contribution in [0.4, 0.5) is 20.2 Å². The normalized spacial score (nSPS) is 10.9. The average Bonchev–Trinajstić information content (AvgIpc) is 3.42. The van der Waals surface area contributed by atoms with Gasteiger partial charge in [0.05, 0.1) is 35.2 Å². The Morgan fingerprint density at radius 2 is 0.964 bits per heavy atom. The third-order valence-electron chi connectivity index (χ3n) is 3.60. The van der Waals surface area contributed by atoms with E-state index in [-0.39, 0.29) is 11.6 Å². The van der Waals surface area contributed by atoms with Crippen molar-refractivity contribution >= 4 is 23.8 Å². The van der Waals surface area contributed by atoms with E-state index in [1.54, 1.807) is 36.7 Å². The summed E-state index contributed by atoms with van der Waals surface area (Å²) < 4.78 is 25.1. The molecule has 4 nitrogen and oxygen atoms in total. The number of aromatic nitrogens is 2. The number of aromatic amines is 2. The molecule has 6 heteroatoms. The third-order valence-corrected chi connectivity index (χ3v) is 3.60. The van der Waals surface area contributed by atoms with Crippen LogP contribution >= 0.6 is 0 Å². The lowest BCUT2D eigenvalue weighted by molar-refractivity contribution is 0.627. The number of H-pyrrole nitrogens is 2.